The summed E-state index contributed by atoms with van der Waals surface area (Å²) < 4.78 is 41.7. The molecule has 1 amide bonds. The molecular weight excluding hydrogens is 381 g/mol. The molecule has 0 atom stereocenters. The van der Waals surface area contributed by atoms with Crippen molar-refractivity contribution in [1.29, 1.82) is 0 Å². The predicted octanol–water partition coefficient (Wildman–Crippen LogP) is 5.57. The predicted molar refractivity (Wildman–Crippen MR) is 105 cm³/mol. The van der Waals surface area contributed by atoms with Gasteiger partial charge in [0.2, 0.25) is 0 Å². The van der Waals surface area contributed by atoms with Crippen LogP contribution in [0.2, 0.25) is 0 Å². The number of halogens is 3. The molecule has 29 heavy (non-hydrogen) atoms. The summed E-state index contributed by atoms with van der Waals surface area (Å²) in [7, 11) is 0. The third kappa shape index (κ3) is 4.08. The number of aryl methyl sites for hydroxylation is 1. The van der Waals surface area contributed by atoms with Crippen molar-refractivity contribution in [2.24, 2.45) is 0 Å². The zero-order chi connectivity index (χ0) is 21.3. The van der Waals surface area contributed by atoms with Crippen molar-refractivity contribution in [3.63, 3.8) is 0 Å². The Morgan fingerprint density at radius 2 is 1.66 bits per heavy atom. The van der Waals surface area contributed by atoms with Crippen molar-refractivity contribution in [1.82, 2.24) is 4.57 Å². The number of amides is 1. The van der Waals surface area contributed by atoms with Crippen LogP contribution >= 0.6 is 0 Å². The lowest BCUT2D eigenvalue weighted by molar-refractivity contribution is -0.137. The van der Waals surface area contributed by atoms with E-state index in [4.69, 9.17) is 0 Å². The van der Waals surface area contributed by atoms with Crippen LogP contribution in [0, 0.1) is 13.8 Å². The lowest BCUT2D eigenvalue weighted by atomic mass is 10.1. The Hall–Kier alpha value is -3.35. The molecule has 0 radical (unpaired) electrons. The second kappa shape index (κ2) is 7.58. The van der Waals surface area contributed by atoms with Crippen molar-refractivity contribution in [2.45, 2.75) is 26.9 Å². The molecule has 0 fully saturated rings. The van der Waals surface area contributed by atoms with Gasteiger partial charge in [0.15, 0.2) is 5.78 Å². The van der Waals surface area contributed by atoms with E-state index in [-0.39, 0.29) is 17.0 Å². The Morgan fingerprint density at radius 1 is 0.966 bits per heavy atom. The van der Waals surface area contributed by atoms with E-state index < -0.39 is 17.6 Å². The van der Waals surface area contributed by atoms with Crippen molar-refractivity contribution in [3.8, 4) is 5.69 Å². The van der Waals surface area contributed by atoms with Crippen molar-refractivity contribution in [2.75, 3.05) is 5.32 Å². The molecule has 0 unspecified atom stereocenters. The normalized spacial score (nSPS) is 11.4. The van der Waals surface area contributed by atoms with Crippen LogP contribution in [0.3, 0.4) is 0 Å². The number of anilines is 1. The average Bonchev–Trinajstić information content (AvgIpc) is 2.95. The Balaban J connectivity index is 2.00. The number of hydrogen-bond donors (Lipinski definition) is 1. The van der Waals surface area contributed by atoms with Gasteiger partial charge in [0.1, 0.15) is 0 Å². The van der Waals surface area contributed by atoms with Gasteiger partial charge in [0.25, 0.3) is 5.91 Å². The van der Waals surface area contributed by atoms with E-state index in [0.717, 1.165) is 6.07 Å². The van der Waals surface area contributed by atoms with Gasteiger partial charge in [0, 0.05) is 22.6 Å². The molecule has 1 N–H and O–H groups in total. The fourth-order valence-corrected chi connectivity index (χ4v) is 3.29. The minimum absolute atomic E-state index is 0.0346. The van der Waals surface area contributed by atoms with Gasteiger partial charge < -0.3 is 9.88 Å². The third-order valence-corrected chi connectivity index (χ3v) is 4.65. The Bertz CT molecular complexity index is 1100. The summed E-state index contributed by atoms with van der Waals surface area (Å²) in [5.41, 5.74) is 1.22. The number of carbonyl (C=O) groups is 2. The van der Waals surface area contributed by atoms with Gasteiger partial charge in [-0.3, -0.25) is 9.59 Å². The number of alkyl halides is 3. The molecule has 2 aromatic carbocycles. The van der Waals surface area contributed by atoms with Crippen molar-refractivity contribution >= 4 is 17.4 Å². The fraction of sp³-hybridized carbons (Fsp3) is 0.182. The number of para-hydroxylation sites is 1. The Kier molecular flexibility index (Phi) is 5.33. The third-order valence-electron chi connectivity index (χ3n) is 4.65. The molecule has 0 spiro atoms. The molecule has 0 bridgehead atoms. The number of rotatable bonds is 4. The molecule has 0 aliphatic carbocycles. The first-order chi connectivity index (χ1) is 13.6. The van der Waals surface area contributed by atoms with Gasteiger partial charge in [-0.2, -0.15) is 13.2 Å². The SMILES string of the molecule is CC(=O)c1cccc(NC(=O)c2cc(C)n(-c3ccccc3C(F)(F)F)c2C)c1. The quantitative estimate of drug-likeness (QED) is 0.582. The van der Waals surface area contributed by atoms with Gasteiger partial charge in [-0.25, -0.2) is 0 Å². The number of nitrogens with one attached hydrogen (secondary N) is 1. The number of ketones is 1. The molecule has 1 aromatic heterocycles. The van der Waals surface area contributed by atoms with Gasteiger partial charge in [-0.15, -0.1) is 0 Å². The molecule has 150 valence electrons. The van der Waals surface area contributed by atoms with Gasteiger partial charge in [-0.1, -0.05) is 24.3 Å². The molecule has 0 saturated heterocycles. The zero-order valence-corrected chi connectivity index (χ0v) is 16.1. The Morgan fingerprint density at radius 3 is 2.31 bits per heavy atom. The van der Waals surface area contributed by atoms with Crippen LogP contribution in [0.4, 0.5) is 18.9 Å². The lowest BCUT2D eigenvalue weighted by Crippen LogP contribution is -2.15. The molecule has 3 rings (SSSR count). The summed E-state index contributed by atoms with van der Waals surface area (Å²) >= 11 is 0. The summed E-state index contributed by atoms with van der Waals surface area (Å²) in [6.07, 6.45) is -4.52. The number of benzene rings is 2. The molecule has 3 aromatic rings. The van der Waals surface area contributed by atoms with E-state index in [1.807, 2.05) is 0 Å². The summed E-state index contributed by atoms with van der Waals surface area (Å²) in [4.78, 5) is 24.3. The maximum Gasteiger partial charge on any atom is 0.418 e. The van der Waals surface area contributed by atoms with Gasteiger partial charge in [-0.05, 0) is 51.1 Å². The molecule has 4 nitrogen and oxygen atoms in total. The second-order valence-electron chi connectivity index (χ2n) is 6.73. The molecule has 7 heteroatoms. The monoisotopic (exact) mass is 400 g/mol. The minimum Gasteiger partial charge on any atom is -0.322 e. The van der Waals surface area contributed by atoms with Crippen LogP contribution < -0.4 is 5.32 Å². The smallest absolute Gasteiger partial charge is 0.322 e. The van der Waals surface area contributed by atoms with Gasteiger partial charge >= 0.3 is 6.18 Å². The van der Waals surface area contributed by atoms with Crippen LogP contribution in [-0.4, -0.2) is 16.3 Å². The van der Waals surface area contributed by atoms with Crippen LogP contribution in [0.25, 0.3) is 5.69 Å². The number of hydrogen-bond acceptors (Lipinski definition) is 2. The number of aromatic nitrogens is 1. The van der Waals surface area contributed by atoms with Crippen LogP contribution in [0.15, 0.2) is 54.6 Å². The molecule has 1 heterocycles. The summed E-state index contributed by atoms with van der Waals surface area (Å²) in [6, 6.07) is 13.3. The van der Waals surface area contributed by atoms with Crippen molar-refractivity contribution < 1.29 is 22.8 Å². The Labute approximate surface area is 166 Å². The second-order valence-corrected chi connectivity index (χ2v) is 6.73. The highest BCUT2D eigenvalue weighted by molar-refractivity contribution is 6.06. The first-order valence-electron chi connectivity index (χ1n) is 8.87. The van der Waals surface area contributed by atoms with Crippen molar-refractivity contribution in [3.05, 3.63) is 82.7 Å². The first-order valence-corrected chi connectivity index (χ1v) is 8.87. The fourth-order valence-electron chi connectivity index (χ4n) is 3.29. The van der Waals surface area contributed by atoms with E-state index in [9.17, 15) is 22.8 Å². The van der Waals surface area contributed by atoms with E-state index in [1.54, 1.807) is 44.2 Å². The van der Waals surface area contributed by atoms with E-state index in [2.05, 4.69) is 5.32 Å². The summed E-state index contributed by atoms with van der Waals surface area (Å²) in [5.74, 6) is -0.599. The minimum atomic E-state index is -4.52. The van der Waals surface area contributed by atoms with E-state index >= 15 is 0 Å². The maximum absolute atomic E-state index is 13.4. The number of Topliss-reactive ketones (excluding diaryl/α,β-unsaturated/α-hetero) is 1. The average molecular weight is 400 g/mol. The van der Waals surface area contributed by atoms with Crippen LogP contribution in [0.1, 0.15) is 44.6 Å². The van der Waals surface area contributed by atoms with E-state index in [1.165, 1.54) is 29.7 Å². The topological polar surface area (TPSA) is 51.1 Å². The first kappa shape index (κ1) is 20.4. The number of carbonyl (C=O) groups excluding carboxylic acids is 2. The highest BCUT2D eigenvalue weighted by Gasteiger charge is 2.34. The lowest BCUT2D eigenvalue weighted by Gasteiger charge is -2.16. The summed E-state index contributed by atoms with van der Waals surface area (Å²) in [5, 5.41) is 2.70. The summed E-state index contributed by atoms with van der Waals surface area (Å²) in [6.45, 7) is 4.67. The van der Waals surface area contributed by atoms with Gasteiger partial charge in [0.05, 0.1) is 16.8 Å². The van der Waals surface area contributed by atoms with Crippen LogP contribution in [-0.2, 0) is 6.18 Å². The molecular formula is C22H19F3N2O2. The zero-order valence-electron chi connectivity index (χ0n) is 16.1. The largest absolute Gasteiger partial charge is 0.418 e. The molecule has 0 aliphatic rings. The maximum atomic E-state index is 13.4. The van der Waals surface area contributed by atoms with Crippen LogP contribution in [0.5, 0.6) is 0 Å². The molecule has 0 saturated carbocycles. The highest BCUT2D eigenvalue weighted by Crippen LogP contribution is 2.35. The number of nitrogens with zero attached hydrogens (tertiary/aromatic N) is 1. The highest BCUT2D eigenvalue weighted by atomic mass is 19.4. The molecule has 0 aliphatic heterocycles. The standard InChI is InChI=1S/C22H19F3N2O2/c1-13-11-18(21(29)26-17-8-6-7-16(12-17)15(3)28)14(2)27(13)20-10-5-4-9-19(20)22(23,24)25/h4-12H,1-3H3,(H,26,29). The van der Waals surface area contributed by atoms with E-state index in [0.29, 0.717) is 22.6 Å².